The Morgan fingerprint density at radius 3 is 2.49 bits per heavy atom. The first-order chi connectivity index (χ1) is 18.6. The Morgan fingerprint density at radius 2 is 1.87 bits per heavy atom. The molecule has 1 aromatic heterocycles. The maximum Gasteiger partial charge on any atom is 0.337 e. The first kappa shape index (κ1) is 29.1. The fraction of sp³-hybridized carbons (Fsp3) is 0.321. The molecule has 0 aliphatic heterocycles. The summed E-state index contributed by atoms with van der Waals surface area (Å²) in [5.74, 6) is 0.213. The molecule has 0 atom stereocenters. The highest BCUT2D eigenvalue weighted by molar-refractivity contribution is 5.92. The molecule has 3 aromatic rings. The minimum absolute atomic E-state index is 0.0693. The van der Waals surface area contributed by atoms with E-state index in [1.807, 2.05) is 49.9 Å². The summed E-state index contributed by atoms with van der Waals surface area (Å²) in [6.07, 6.45) is 3.50. The maximum atomic E-state index is 12.1. The molecule has 0 bridgehead atoms. The van der Waals surface area contributed by atoms with Crippen molar-refractivity contribution in [1.29, 1.82) is 0 Å². The monoisotopic (exact) mass is 534 g/mol. The average molecular weight is 535 g/mol. The Bertz CT molecular complexity index is 1390. The van der Waals surface area contributed by atoms with Gasteiger partial charge in [0.25, 0.3) is 5.69 Å². The number of rotatable bonds is 11. The van der Waals surface area contributed by atoms with Gasteiger partial charge in [-0.3, -0.25) is 10.1 Å². The normalized spacial score (nSPS) is 11.3. The van der Waals surface area contributed by atoms with Crippen LogP contribution in [0.2, 0.25) is 0 Å². The predicted octanol–water partition coefficient (Wildman–Crippen LogP) is 4.68. The van der Waals surface area contributed by atoms with Crippen LogP contribution in [-0.4, -0.2) is 74.2 Å². The second-order valence-corrected chi connectivity index (χ2v) is 9.14. The van der Waals surface area contributed by atoms with Gasteiger partial charge >= 0.3 is 5.97 Å². The van der Waals surface area contributed by atoms with Crippen molar-refractivity contribution in [3.05, 3.63) is 81.2 Å². The van der Waals surface area contributed by atoms with Gasteiger partial charge in [0.05, 0.1) is 36.1 Å². The lowest BCUT2D eigenvalue weighted by molar-refractivity contribution is -0.384. The second-order valence-electron chi connectivity index (χ2n) is 9.14. The fourth-order valence-corrected chi connectivity index (χ4v) is 4.03. The summed E-state index contributed by atoms with van der Waals surface area (Å²) in [5, 5.41) is 15.0. The van der Waals surface area contributed by atoms with E-state index in [1.165, 1.54) is 20.3 Å². The molecule has 1 heterocycles. The number of hydrogen-bond donors (Lipinski definition) is 1. The van der Waals surface area contributed by atoms with Crippen molar-refractivity contribution in [1.82, 2.24) is 14.9 Å². The molecule has 11 heteroatoms. The number of ether oxygens (including phenoxy) is 2. The van der Waals surface area contributed by atoms with Crippen molar-refractivity contribution in [2.24, 2.45) is 0 Å². The van der Waals surface area contributed by atoms with Gasteiger partial charge in [-0.05, 0) is 57.3 Å². The standard InChI is InChI=1S/C28H34N6O5/c1-8-20(21-15-19(27(35)39-7)10-9-18(21)2)22-11-12-29-28(30-22)31-23-16-25(34(36)37)24(17-26(23)38-6)33(5)14-13-32(3)4/h8-12,15-17H,13-14H2,1-7H3,(H,29,30,31)/b20-8+. The number of allylic oxidation sites excluding steroid dienone is 1. The number of methoxy groups -OCH3 is 2. The number of nitro groups is 1. The van der Waals surface area contributed by atoms with Crippen LogP contribution < -0.4 is 15.0 Å². The molecule has 3 rings (SSSR count). The average Bonchev–Trinajstić information content (AvgIpc) is 2.92. The summed E-state index contributed by atoms with van der Waals surface area (Å²) in [7, 11) is 8.54. The molecule has 0 amide bonds. The van der Waals surface area contributed by atoms with E-state index in [1.54, 1.807) is 37.5 Å². The summed E-state index contributed by atoms with van der Waals surface area (Å²) in [4.78, 5) is 36.5. The zero-order chi connectivity index (χ0) is 28.7. The molecule has 206 valence electrons. The van der Waals surface area contributed by atoms with Crippen molar-refractivity contribution in [2.75, 3.05) is 58.7 Å². The van der Waals surface area contributed by atoms with Gasteiger partial charge in [0.1, 0.15) is 11.4 Å². The lowest BCUT2D eigenvalue weighted by Gasteiger charge is -2.22. The van der Waals surface area contributed by atoms with Gasteiger partial charge < -0.3 is 24.6 Å². The topological polar surface area (TPSA) is 123 Å². The van der Waals surface area contributed by atoms with Gasteiger partial charge in [0.15, 0.2) is 0 Å². The van der Waals surface area contributed by atoms with Crippen molar-refractivity contribution in [3.8, 4) is 5.75 Å². The van der Waals surface area contributed by atoms with Gasteiger partial charge in [0, 0.05) is 44.0 Å². The van der Waals surface area contributed by atoms with Gasteiger partial charge in [0.2, 0.25) is 5.95 Å². The predicted molar refractivity (Wildman–Crippen MR) is 152 cm³/mol. The third-order valence-corrected chi connectivity index (χ3v) is 6.20. The highest BCUT2D eigenvalue weighted by Crippen LogP contribution is 2.39. The maximum absolute atomic E-state index is 12.1. The van der Waals surface area contributed by atoms with Gasteiger partial charge in [-0.2, -0.15) is 0 Å². The largest absolute Gasteiger partial charge is 0.494 e. The Balaban J connectivity index is 2.00. The molecule has 0 fully saturated rings. The highest BCUT2D eigenvalue weighted by Gasteiger charge is 2.23. The van der Waals surface area contributed by atoms with E-state index in [4.69, 9.17) is 9.47 Å². The molecule has 39 heavy (non-hydrogen) atoms. The Labute approximate surface area is 228 Å². The number of aromatic nitrogens is 2. The summed E-state index contributed by atoms with van der Waals surface area (Å²) in [6, 6.07) is 10.2. The number of nitrogens with one attached hydrogen (secondary N) is 1. The van der Waals surface area contributed by atoms with Crippen LogP contribution in [0.3, 0.4) is 0 Å². The zero-order valence-electron chi connectivity index (χ0n) is 23.3. The van der Waals surface area contributed by atoms with Gasteiger partial charge in [-0.25, -0.2) is 14.8 Å². The van der Waals surface area contributed by atoms with Crippen LogP contribution in [-0.2, 0) is 4.74 Å². The molecular formula is C28H34N6O5. The third-order valence-electron chi connectivity index (χ3n) is 6.20. The van der Waals surface area contributed by atoms with E-state index in [-0.39, 0.29) is 11.6 Å². The van der Waals surface area contributed by atoms with Crippen LogP contribution in [0.4, 0.5) is 23.0 Å². The molecule has 2 aromatic carbocycles. The quantitative estimate of drug-likeness (QED) is 0.211. The van der Waals surface area contributed by atoms with Crippen molar-refractivity contribution < 1.29 is 19.2 Å². The van der Waals surface area contributed by atoms with Crippen LogP contribution in [0.25, 0.3) is 5.57 Å². The number of likely N-dealkylation sites (N-methyl/N-ethyl adjacent to an activating group) is 2. The molecule has 0 unspecified atom stereocenters. The number of nitrogens with zero attached hydrogens (tertiary/aromatic N) is 5. The smallest absolute Gasteiger partial charge is 0.337 e. The third kappa shape index (κ3) is 6.88. The molecule has 0 saturated carbocycles. The first-order valence-corrected chi connectivity index (χ1v) is 12.3. The lowest BCUT2D eigenvalue weighted by atomic mass is 9.95. The lowest BCUT2D eigenvalue weighted by Crippen LogP contribution is -2.28. The van der Waals surface area contributed by atoms with Crippen LogP contribution in [0.15, 0.2) is 48.7 Å². The number of esters is 1. The second kappa shape index (κ2) is 12.8. The van der Waals surface area contributed by atoms with E-state index in [9.17, 15) is 14.9 Å². The van der Waals surface area contributed by atoms with E-state index in [0.717, 1.165) is 23.2 Å². The Kier molecular flexibility index (Phi) is 9.56. The van der Waals surface area contributed by atoms with Crippen LogP contribution in [0.1, 0.15) is 34.1 Å². The number of hydrogen-bond acceptors (Lipinski definition) is 10. The molecule has 0 aliphatic carbocycles. The number of benzene rings is 2. The molecular weight excluding hydrogens is 500 g/mol. The minimum Gasteiger partial charge on any atom is -0.494 e. The first-order valence-electron chi connectivity index (χ1n) is 12.3. The van der Waals surface area contributed by atoms with E-state index < -0.39 is 10.9 Å². The highest BCUT2D eigenvalue weighted by atomic mass is 16.6. The number of aryl methyl sites for hydroxylation is 1. The molecule has 11 nitrogen and oxygen atoms in total. The van der Waals surface area contributed by atoms with Gasteiger partial charge in [-0.1, -0.05) is 12.1 Å². The number of nitro benzene ring substituents is 1. The van der Waals surface area contributed by atoms with Crippen molar-refractivity contribution in [2.45, 2.75) is 13.8 Å². The summed E-state index contributed by atoms with van der Waals surface area (Å²) in [6.45, 7) is 5.15. The zero-order valence-corrected chi connectivity index (χ0v) is 23.3. The molecule has 0 radical (unpaired) electrons. The van der Waals surface area contributed by atoms with Gasteiger partial charge in [-0.15, -0.1) is 0 Å². The van der Waals surface area contributed by atoms with Crippen LogP contribution in [0, 0.1) is 17.0 Å². The minimum atomic E-state index is -0.429. The van der Waals surface area contributed by atoms with Crippen LogP contribution in [0.5, 0.6) is 5.75 Å². The number of anilines is 3. The molecule has 0 spiro atoms. The van der Waals surface area contributed by atoms with Crippen molar-refractivity contribution >= 4 is 34.6 Å². The molecule has 1 N–H and O–H groups in total. The summed E-state index contributed by atoms with van der Waals surface area (Å²) in [5.41, 5.74) is 4.33. The number of carbonyl (C=O) groups excluding carboxylic acids is 1. The Morgan fingerprint density at radius 1 is 1.13 bits per heavy atom. The van der Waals surface area contributed by atoms with E-state index >= 15 is 0 Å². The summed E-state index contributed by atoms with van der Waals surface area (Å²) >= 11 is 0. The molecule has 0 aliphatic rings. The Hall–Kier alpha value is -4.51. The summed E-state index contributed by atoms with van der Waals surface area (Å²) < 4.78 is 10.4. The van der Waals surface area contributed by atoms with Crippen LogP contribution >= 0.6 is 0 Å². The molecule has 0 saturated heterocycles. The SMILES string of the molecule is C/C=C(/c1ccnc(Nc2cc([N+](=O)[O-])c(N(C)CCN(C)C)cc2OC)n1)c1cc(C(=O)OC)ccc1C. The van der Waals surface area contributed by atoms with Crippen molar-refractivity contribution in [3.63, 3.8) is 0 Å². The fourth-order valence-electron chi connectivity index (χ4n) is 4.03. The van der Waals surface area contributed by atoms with E-state index in [0.29, 0.717) is 34.9 Å². The number of carbonyl (C=O) groups is 1. The van der Waals surface area contributed by atoms with E-state index in [2.05, 4.69) is 15.3 Å².